The van der Waals surface area contributed by atoms with E-state index in [0.29, 0.717) is 10.0 Å². The Balaban J connectivity index is 2.14. The summed E-state index contributed by atoms with van der Waals surface area (Å²) in [6.45, 7) is 0. The van der Waals surface area contributed by atoms with Gasteiger partial charge in [0.05, 0.1) is 15.7 Å². The first-order valence-corrected chi connectivity index (χ1v) is 7.46. The van der Waals surface area contributed by atoms with Crippen molar-refractivity contribution in [2.45, 2.75) is 0 Å². The Morgan fingerprint density at radius 3 is 2.30 bits per heavy atom. The van der Waals surface area contributed by atoms with Gasteiger partial charge in [0.15, 0.2) is 0 Å². The lowest BCUT2D eigenvalue weighted by molar-refractivity contribution is -0.112. The molecule has 2 aromatic rings. The largest absolute Gasteiger partial charge is 0.319 e. The molecule has 3 nitrogen and oxygen atoms in total. The van der Waals surface area contributed by atoms with Crippen LogP contribution in [0.15, 0.2) is 66.3 Å². The highest BCUT2D eigenvalue weighted by Crippen LogP contribution is 2.30. The molecule has 5 heteroatoms. The van der Waals surface area contributed by atoms with Crippen LogP contribution in [-0.2, 0) is 4.79 Å². The summed E-state index contributed by atoms with van der Waals surface area (Å²) in [5.41, 5.74) is 1.21. The van der Waals surface area contributed by atoms with Gasteiger partial charge in [0, 0.05) is 0 Å². The van der Waals surface area contributed by atoms with Crippen LogP contribution in [0, 0.1) is 11.3 Å². The van der Waals surface area contributed by atoms with Crippen molar-refractivity contribution in [2.75, 3.05) is 5.32 Å². The Kier molecular flexibility index (Phi) is 5.99. The van der Waals surface area contributed by atoms with Gasteiger partial charge >= 0.3 is 0 Å². The second kappa shape index (κ2) is 8.19. The van der Waals surface area contributed by atoms with E-state index in [-0.39, 0.29) is 11.3 Å². The van der Waals surface area contributed by atoms with E-state index >= 15 is 0 Å². The summed E-state index contributed by atoms with van der Waals surface area (Å²) in [5, 5.41) is 12.3. The SMILES string of the molecule is N#C/C(=C\C=C\c1ccccc1)C(=O)Nc1c(Cl)cccc1Cl. The van der Waals surface area contributed by atoms with E-state index in [1.165, 1.54) is 6.08 Å². The minimum absolute atomic E-state index is 0.0480. The molecule has 0 atom stereocenters. The summed E-state index contributed by atoms with van der Waals surface area (Å²) < 4.78 is 0. The molecule has 2 aromatic carbocycles. The third kappa shape index (κ3) is 4.72. The van der Waals surface area contributed by atoms with E-state index in [4.69, 9.17) is 28.5 Å². The number of allylic oxidation sites excluding steroid dienone is 2. The van der Waals surface area contributed by atoms with Gasteiger partial charge in [-0.25, -0.2) is 0 Å². The maximum atomic E-state index is 12.1. The number of amides is 1. The summed E-state index contributed by atoms with van der Waals surface area (Å²) in [4.78, 5) is 12.1. The smallest absolute Gasteiger partial charge is 0.266 e. The lowest BCUT2D eigenvalue weighted by Crippen LogP contribution is -2.14. The Morgan fingerprint density at radius 2 is 1.70 bits per heavy atom. The number of para-hydroxylation sites is 1. The standard InChI is InChI=1S/C18H12Cl2N2O/c19-15-10-5-11-16(20)17(15)22-18(23)14(12-21)9-4-8-13-6-2-1-3-7-13/h1-11H,(H,22,23)/b8-4+,14-9+. The number of hydrogen-bond donors (Lipinski definition) is 1. The number of carbonyl (C=O) groups is 1. The molecule has 0 saturated heterocycles. The van der Waals surface area contributed by atoms with Crippen LogP contribution in [0.4, 0.5) is 5.69 Å². The maximum Gasteiger partial charge on any atom is 0.266 e. The summed E-state index contributed by atoms with van der Waals surface area (Å²) in [5.74, 6) is -0.569. The summed E-state index contributed by atoms with van der Waals surface area (Å²) in [7, 11) is 0. The molecule has 114 valence electrons. The van der Waals surface area contributed by atoms with Crippen LogP contribution in [0.25, 0.3) is 6.08 Å². The summed E-state index contributed by atoms with van der Waals surface area (Å²) >= 11 is 12.0. The fourth-order valence-corrected chi connectivity index (χ4v) is 2.27. The molecule has 1 amide bonds. The second-order valence-corrected chi connectivity index (χ2v) is 5.33. The van der Waals surface area contributed by atoms with Gasteiger partial charge in [-0.15, -0.1) is 0 Å². The average Bonchev–Trinajstić information content (AvgIpc) is 2.56. The van der Waals surface area contributed by atoms with Gasteiger partial charge in [-0.3, -0.25) is 4.79 Å². The monoisotopic (exact) mass is 342 g/mol. The molecule has 1 N–H and O–H groups in total. The van der Waals surface area contributed by atoms with E-state index in [0.717, 1.165) is 5.56 Å². The van der Waals surface area contributed by atoms with E-state index < -0.39 is 5.91 Å². The molecule has 0 unspecified atom stereocenters. The Morgan fingerprint density at radius 1 is 1.04 bits per heavy atom. The molecule has 0 saturated carbocycles. The summed E-state index contributed by atoms with van der Waals surface area (Å²) in [6.07, 6.45) is 4.88. The highest BCUT2D eigenvalue weighted by atomic mass is 35.5. The Hall–Kier alpha value is -2.54. The third-order valence-electron chi connectivity index (χ3n) is 2.92. The molecule has 0 aliphatic rings. The lowest BCUT2D eigenvalue weighted by Gasteiger charge is -2.07. The molecule has 0 aliphatic heterocycles. The zero-order chi connectivity index (χ0) is 16.7. The number of rotatable bonds is 4. The molecule has 0 spiro atoms. The number of halogens is 2. The number of nitriles is 1. The molecule has 0 aliphatic carbocycles. The first kappa shape index (κ1) is 16.8. The van der Waals surface area contributed by atoms with Gasteiger partial charge < -0.3 is 5.32 Å². The molecular formula is C18H12Cl2N2O. The van der Waals surface area contributed by atoms with Gasteiger partial charge in [-0.2, -0.15) is 5.26 Å². The minimum atomic E-state index is -0.569. The van der Waals surface area contributed by atoms with Crippen LogP contribution in [0.2, 0.25) is 10.0 Å². The third-order valence-corrected chi connectivity index (χ3v) is 3.55. The van der Waals surface area contributed by atoms with Crippen molar-refractivity contribution < 1.29 is 4.79 Å². The van der Waals surface area contributed by atoms with Crippen molar-refractivity contribution in [1.82, 2.24) is 0 Å². The molecule has 0 aromatic heterocycles. The van der Waals surface area contributed by atoms with E-state index in [9.17, 15) is 4.79 Å². The maximum absolute atomic E-state index is 12.1. The van der Waals surface area contributed by atoms with Gasteiger partial charge in [-0.05, 0) is 23.8 Å². The normalized spacial score (nSPS) is 11.3. The van der Waals surface area contributed by atoms with Crippen molar-refractivity contribution in [3.05, 3.63) is 81.9 Å². The first-order valence-electron chi connectivity index (χ1n) is 6.70. The van der Waals surface area contributed by atoms with Crippen LogP contribution >= 0.6 is 23.2 Å². The highest BCUT2D eigenvalue weighted by Gasteiger charge is 2.12. The number of benzene rings is 2. The predicted molar refractivity (Wildman–Crippen MR) is 94.3 cm³/mol. The van der Waals surface area contributed by atoms with Gasteiger partial charge in [0.25, 0.3) is 5.91 Å². The molecule has 23 heavy (non-hydrogen) atoms. The lowest BCUT2D eigenvalue weighted by atomic mass is 10.2. The van der Waals surface area contributed by atoms with Crippen molar-refractivity contribution in [2.24, 2.45) is 0 Å². The van der Waals surface area contributed by atoms with Crippen LogP contribution in [0.1, 0.15) is 5.56 Å². The minimum Gasteiger partial charge on any atom is -0.319 e. The number of hydrogen-bond acceptors (Lipinski definition) is 2. The fourth-order valence-electron chi connectivity index (χ4n) is 1.78. The van der Waals surface area contributed by atoms with Crippen LogP contribution < -0.4 is 5.32 Å². The number of nitrogens with zero attached hydrogens (tertiary/aromatic N) is 1. The van der Waals surface area contributed by atoms with Gasteiger partial charge in [0.1, 0.15) is 11.6 Å². The molecule has 0 bridgehead atoms. The predicted octanol–water partition coefficient (Wildman–Crippen LogP) is 5.10. The van der Waals surface area contributed by atoms with E-state index in [1.54, 1.807) is 30.4 Å². The van der Waals surface area contributed by atoms with Crippen molar-refractivity contribution in [3.63, 3.8) is 0 Å². The quantitative estimate of drug-likeness (QED) is 0.477. The van der Waals surface area contributed by atoms with Gasteiger partial charge in [0.2, 0.25) is 0 Å². The first-order chi connectivity index (χ1) is 11.1. The van der Waals surface area contributed by atoms with Crippen molar-refractivity contribution in [3.8, 4) is 6.07 Å². The van der Waals surface area contributed by atoms with Crippen molar-refractivity contribution >= 4 is 40.9 Å². The van der Waals surface area contributed by atoms with Crippen LogP contribution in [0.5, 0.6) is 0 Å². The van der Waals surface area contributed by atoms with Crippen molar-refractivity contribution in [1.29, 1.82) is 5.26 Å². The van der Waals surface area contributed by atoms with E-state index in [2.05, 4.69) is 5.32 Å². The topological polar surface area (TPSA) is 52.9 Å². The molecule has 2 rings (SSSR count). The number of carbonyl (C=O) groups excluding carboxylic acids is 1. The highest BCUT2D eigenvalue weighted by molar-refractivity contribution is 6.40. The average molecular weight is 343 g/mol. The Bertz CT molecular complexity index is 785. The Labute approximate surface area is 144 Å². The zero-order valence-corrected chi connectivity index (χ0v) is 13.5. The molecule has 0 radical (unpaired) electrons. The van der Waals surface area contributed by atoms with Crippen LogP contribution in [-0.4, -0.2) is 5.91 Å². The molecule has 0 fully saturated rings. The number of anilines is 1. The van der Waals surface area contributed by atoms with Gasteiger partial charge in [-0.1, -0.05) is 71.8 Å². The zero-order valence-electron chi connectivity index (χ0n) is 12.0. The number of nitrogens with one attached hydrogen (secondary N) is 1. The molecular weight excluding hydrogens is 331 g/mol. The summed E-state index contributed by atoms with van der Waals surface area (Å²) in [6, 6.07) is 16.3. The van der Waals surface area contributed by atoms with E-state index in [1.807, 2.05) is 36.4 Å². The molecule has 0 heterocycles. The fraction of sp³-hybridized carbons (Fsp3) is 0. The van der Waals surface area contributed by atoms with Crippen LogP contribution in [0.3, 0.4) is 0 Å². The second-order valence-electron chi connectivity index (χ2n) is 4.51.